The summed E-state index contributed by atoms with van der Waals surface area (Å²) in [6.45, 7) is 7.61. The molecule has 0 atom stereocenters. The van der Waals surface area contributed by atoms with E-state index in [1.54, 1.807) is 0 Å². The van der Waals surface area contributed by atoms with Crippen molar-refractivity contribution in [2.24, 2.45) is 0 Å². The van der Waals surface area contributed by atoms with Gasteiger partial charge in [0.1, 0.15) is 0 Å². The number of rotatable bonds is 11. The Kier molecular flexibility index (Phi) is 12.4. The van der Waals surface area contributed by atoms with E-state index >= 15 is 0 Å². The molecule has 0 N–H and O–H groups in total. The van der Waals surface area contributed by atoms with E-state index in [1.807, 2.05) is 0 Å². The van der Waals surface area contributed by atoms with Gasteiger partial charge in [-0.25, -0.2) is 0 Å². The predicted octanol–water partition coefficient (Wildman–Crippen LogP) is 1.76. The molecule has 0 saturated heterocycles. The molecule has 15 heavy (non-hydrogen) atoms. The first-order valence-electron chi connectivity index (χ1n) is 5.65. The summed E-state index contributed by atoms with van der Waals surface area (Å²) in [6.07, 6.45) is 4.90. The van der Waals surface area contributed by atoms with Gasteiger partial charge in [0.05, 0.1) is 0 Å². The van der Waals surface area contributed by atoms with Gasteiger partial charge in [0, 0.05) is 24.3 Å². The molecule has 0 amide bonds. The second-order valence-electron chi connectivity index (χ2n) is 3.51. The zero-order valence-electron chi connectivity index (χ0n) is 9.74. The second kappa shape index (κ2) is 12.3. The standard InChI is InChI=1S/C10H23NO3S/c1-3-5-7-11(8-6-4-2)9-10-15-14-13-12/h12H,3-10H2,1-2H3/p-1. The van der Waals surface area contributed by atoms with Gasteiger partial charge in [0.2, 0.25) is 0 Å². The monoisotopic (exact) mass is 236 g/mol. The number of hydrogen-bond acceptors (Lipinski definition) is 5. The largest absolute Gasteiger partial charge is 0.691 e. The van der Waals surface area contributed by atoms with E-state index in [0.29, 0.717) is 0 Å². The van der Waals surface area contributed by atoms with Crippen molar-refractivity contribution in [1.82, 2.24) is 4.90 Å². The van der Waals surface area contributed by atoms with Gasteiger partial charge < -0.3 is 10.2 Å². The van der Waals surface area contributed by atoms with Crippen LogP contribution in [-0.4, -0.2) is 30.3 Å². The first kappa shape index (κ1) is 15.2. The normalized spacial score (nSPS) is 11.2. The highest BCUT2D eigenvalue weighted by Gasteiger charge is 2.03. The molecule has 0 aromatic heterocycles. The zero-order valence-corrected chi connectivity index (χ0v) is 10.6. The highest BCUT2D eigenvalue weighted by Crippen LogP contribution is 2.04. The molecule has 0 aromatic rings. The molecule has 4 nitrogen and oxygen atoms in total. The van der Waals surface area contributed by atoms with Gasteiger partial charge in [-0.2, -0.15) is 4.33 Å². The van der Waals surface area contributed by atoms with Gasteiger partial charge in [-0.05, 0) is 25.9 Å². The maximum atomic E-state index is 9.56. The Bertz CT molecular complexity index is 119. The minimum absolute atomic E-state index is 0.773. The lowest BCUT2D eigenvalue weighted by Gasteiger charge is -2.21. The zero-order chi connectivity index (χ0) is 11.4. The Morgan fingerprint density at radius 1 is 1.07 bits per heavy atom. The molecule has 0 unspecified atom stereocenters. The molecule has 0 saturated carbocycles. The van der Waals surface area contributed by atoms with Crippen LogP contribution in [0.4, 0.5) is 0 Å². The van der Waals surface area contributed by atoms with Crippen molar-refractivity contribution in [1.29, 1.82) is 0 Å². The van der Waals surface area contributed by atoms with E-state index in [9.17, 15) is 5.26 Å². The van der Waals surface area contributed by atoms with Crippen molar-refractivity contribution < 1.29 is 14.6 Å². The molecule has 0 spiro atoms. The predicted molar refractivity (Wildman–Crippen MR) is 60.9 cm³/mol. The lowest BCUT2D eigenvalue weighted by molar-refractivity contribution is -0.777. The molecule has 92 valence electrons. The summed E-state index contributed by atoms with van der Waals surface area (Å²) in [7, 11) is 0. The second-order valence-corrected chi connectivity index (χ2v) is 4.29. The van der Waals surface area contributed by atoms with Crippen LogP contribution in [0.3, 0.4) is 0 Å². The number of hydrogen-bond donors (Lipinski definition) is 0. The molecular weight excluding hydrogens is 214 g/mol. The van der Waals surface area contributed by atoms with E-state index in [2.05, 4.69) is 28.1 Å². The Morgan fingerprint density at radius 3 is 2.13 bits per heavy atom. The summed E-state index contributed by atoms with van der Waals surface area (Å²) in [5, 5.41) is 12.8. The topological polar surface area (TPSA) is 44.8 Å². The van der Waals surface area contributed by atoms with Gasteiger partial charge in [-0.15, -0.1) is 0 Å². The fourth-order valence-corrected chi connectivity index (χ4v) is 1.76. The summed E-state index contributed by atoms with van der Waals surface area (Å²) in [5.41, 5.74) is 0. The number of nitrogens with zero attached hydrogens (tertiary/aromatic N) is 1. The molecule has 0 radical (unpaired) electrons. The summed E-state index contributed by atoms with van der Waals surface area (Å²) in [6, 6.07) is 0. The maximum absolute atomic E-state index is 9.56. The third-order valence-electron chi connectivity index (χ3n) is 2.22. The van der Waals surface area contributed by atoms with Crippen LogP contribution in [0.25, 0.3) is 0 Å². The van der Waals surface area contributed by atoms with Crippen LogP contribution in [0.5, 0.6) is 0 Å². The van der Waals surface area contributed by atoms with Crippen LogP contribution in [-0.2, 0) is 9.37 Å². The molecular formula is C10H22NO3S-. The molecule has 0 aliphatic heterocycles. The smallest absolute Gasteiger partial charge is 0.0356 e. The van der Waals surface area contributed by atoms with E-state index in [4.69, 9.17) is 0 Å². The minimum atomic E-state index is 0.773. The van der Waals surface area contributed by atoms with Crippen LogP contribution < -0.4 is 5.26 Å². The van der Waals surface area contributed by atoms with Crippen molar-refractivity contribution in [3.05, 3.63) is 0 Å². The molecule has 0 aliphatic carbocycles. The van der Waals surface area contributed by atoms with Gasteiger partial charge in [0.25, 0.3) is 0 Å². The third kappa shape index (κ3) is 10.5. The molecule has 5 heteroatoms. The average molecular weight is 236 g/mol. The van der Waals surface area contributed by atoms with Crippen molar-refractivity contribution in [3.8, 4) is 0 Å². The van der Waals surface area contributed by atoms with Crippen LogP contribution in [0, 0.1) is 0 Å². The third-order valence-corrected chi connectivity index (χ3v) is 2.72. The van der Waals surface area contributed by atoms with Crippen molar-refractivity contribution in [2.75, 3.05) is 25.4 Å². The molecule has 0 bridgehead atoms. The Morgan fingerprint density at radius 2 is 1.67 bits per heavy atom. The van der Waals surface area contributed by atoms with Crippen LogP contribution in [0.1, 0.15) is 39.5 Å². The lowest BCUT2D eigenvalue weighted by Crippen LogP contribution is -2.28. The highest BCUT2D eigenvalue weighted by atomic mass is 32.2. The quantitative estimate of drug-likeness (QED) is 0.237. The Balaban J connectivity index is 3.49. The van der Waals surface area contributed by atoms with Crippen LogP contribution in [0.2, 0.25) is 0 Å². The van der Waals surface area contributed by atoms with Crippen LogP contribution >= 0.6 is 12.0 Å². The minimum Gasteiger partial charge on any atom is -0.691 e. The molecule has 0 heterocycles. The average Bonchev–Trinajstić information content (AvgIpc) is 2.27. The summed E-state index contributed by atoms with van der Waals surface area (Å²) >= 11 is 1.07. The Labute approximate surface area is 97.0 Å². The summed E-state index contributed by atoms with van der Waals surface area (Å²) in [4.78, 5) is 2.41. The van der Waals surface area contributed by atoms with Gasteiger partial charge in [0.15, 0.2) is 0 Å². The van der Waals surface area contributed by atoms with Crippen LogP contribution in [0.15, 0.2) is 0 Å². The van der Waals surface area contributed by atoms with Gasteiger partial charge in [-0.3, -0.25) is 5.04 Å². The van der Waals surface area contributed by atoms with Gasteiger partial charge in [-0.1, -0.05) is 26.7 Å². The van der Waals surface area contributed by atoms with E-state index in [-0.39, 0.29) is 0 Å². The van der Waals surface area contributed by atoms with Crippen molar-refractivity contribution in [3.63, 3.8) is 0 Å². The fraction of sp³-hybridized carbons (Fsp3) is 1.00. The molecule has 0 aromatic carbocycles. The molecule has 0 aliphatic rings. The first-order chi connectivity index (χ1) is 7.35. The first-order valence-corrected chi connectivity index (χ1v) is 6.56. The van der Waals surface area contributed by atoms with Crippen molar-refractivity contribution in [2.45, 2.75) is 39.5 Å². The van der Waals surface area contributed by atoms with E-state index in [0.717, 1.165) is 37.4 Å². The SMILES string of the molecule is CCCCN(CCCC)CCSOO[O-]. The van der Waals surface area contributed by atoms with Crippen molar-refractivity contribution >= 4 is 12.0 Å². The number of unbranched alkanes of at least 4 members (excludes halogenated alkanes) is 2. The van der Waals surface area contributed by atoms with E-state index < -0.39 is 0 Å². The van der Waals surface area contributed by atoms with Gasteiger partial charge >= 0.3 is 0 Å². The lowest BCUT2D eigenvalue weighted by atomic mass is 10.2. The molecule has 0 fully saturated rings. The summed E-state index contributed by atoms with van der Waals surface area (Å²) < 4.78 is 4.23. The Hall–Kier alpha value is 0.190. The summed E-state index contributed by atoms with van der Waals surface area (Å²) in [5.74, 6) is 0.773. The maximum Gasteiger partial charge on any atom is 0.0356 e. The van der Waals surface area contributed by atoms with E-state index in [1.165, 1.54) is 25.7 Å². The fourth-order valence-electron chi connectivity index (χ4n) is 1.32. The molecule has 0 rings (SSSR count). The highest BCUT2D eigenvalue weighted by molar-refractivity contribution is 7.94.